The second-order valence-corrected chi connectivity index (χ2v) is 3.57. The van der Waals surface area contributed by atoms with Gasteiger partial charge in [0.1, 0.15) is 0 Å². The molecule has 0 rings (SSSR count). The van der Waals surface area contributed by atoms with Gasteiger partial charge in [-0.25, -0.2) is 0 Å². The molecule has 2 atom stereocenters. The second kappa shape index (κ2) is 5.81. The number of allylic oxidation sites excluding steroid dienone is 1. The number of rotatable bonds is 6. The second-order valence-electron chi connectivity index (χ2n) is 3.57. The van der Waals surface area contributed by atoms with Crippen molar-refractivity contribution in [1.29, 1.82) is 0 Å². The molecule has 2 heteroatoms. The van der Waals surface area contributed by atoms with Crippen molar-refractivity contribution in [3.05, 3.63) is 12.7 Å². The van der Waals surface area contributed by atoms with E-state index in [1.165, 1.54) is 0 Å². The Balaban J connectivity index is 3.59. The normalized spacial score (nSPS) is 15.2. The highest BCUT2D eigenvalue weighted by Crippen LogP contribution is 2.17. The van der Waals surface area contributed by atoms with E-state index in [1.54, 1.807) is 0 Å². The highest BCUT2D eigenvalue weighted by atomic mass is 16.4. The molecule has 0 bridgehead atoms. The molecule has 0 aliphatic heterocycles. The zero-order chi connectivity index (χ0) is 9.56. The van der Waals surface area contributed by atoms with Crippen molar-refractivity contribution in [2.24, 2.45) is 11.8 Å². The molecule has 2 unspecified atom stereocenters. The standard InChI is InChI=1S/C10H18O2/c1-4-5-8(2)6-9(3)7-10(11)12/h4,8-9H,1,5-7H2,2-3H3,(H,11,12). The fourth-order valence-corrected chi connectivity index (χ4v) is 1.45. The number of carbonyl (C=O) groups is 1. The summed E-state index contributed by atoms with van der Waals surface area (Å²) >= 11 is 0. The van der Waals surface area contributed by atoms with Gasteiger partial charge in [0.15, 0.2) is 0 Å². The predicted molar refractivity (Wildman–Crippen MR) is 50.0 cm³/mol. The lowest BCUT2D eigenvalue weighted by molar-refractivity contribution is -0.138. The van der Waals surface area contributed by atoms with Gasteiger partial charge in [-0.15, -0.1) is 6.58 Å². The number of hydrogen-bond donors (Lipinski definition) is 1. The Kier molecular flexibility index (Phi) is 5.43. The maximum atomic E-state index is 10.3. The fourth-order valence-electron chi connectivity index (χ4n) is 1.45. The lowest BCUT2D eigenvalue weighted by Crippen LogP contribution is -2.07. The summed E-state index contributed by atoms with van der Waals surface area (Å²) < 4.78 is 0. The quantitative estimate of drug-likeness (QED) is 0.622. The highest BCUT2D eigenvalue weighted by molar-refractivity contribution is 5.66. The summed E-state index contributed by atoms with van der Waals surface area (Å²) in [6.07, 6.45) is 4.11. The van der Waals surface area contributed by atoms with Crippen LogP contribution in [0.2, 0.25) is 0 Å². The number of carboxylic acid groups (broad SMARTS) is 1. The molecular weight excluding hydrogens is 152 g/mol. The molecule has 70 valence electrons. The smallest absolute Gasteiger partial charge is 0.303 e. The first-order chi connectivity index (χ1) is 5.56. The molecule has 0 radical (unpaired) electrons. The van der Waals surface area contributed by atoms with Crippen molar-refractivity contribution >= 4 is 5.97 Å². The van der Waals surface area contributed by atoms with Crippen LogP contribution in [-0.2, 0) is 4.79 Å². The minimum atomic E-state index is -0.701. The van der Waals surface area contributed by atoms with Gasteiger partial charge >= 0.3 is 5.97 Å². The summed E-state index contributed by atoms with van der Waals surface area (Å²) in [5.41, 5.74) is 0. The third kappa shape index (κ3) is 5.96. The molecule has 2 nitrogen and oxygen atoms in total. The Morgan fingerprint density at radius 1 is 1.50 bits per heavy atom. The van der Waals surface area contributed by atoms with E-state index in [9.17, 15) is 4.79 Å². The summed E-state index contributed by atoms with van der Waals surface area (Å²) in [7, 11) is 0. The summed E-state index contributed by atoms with van der Waals surface area (Å²) in [6.45, 7) is 7.76. The maximum Gasteiger partial charge on any atom is 0.303 e. The molecule has 0 aromatic carbocycles. The van der Waals surface area contributed by atoms with E-state index in [0.717, 1.165) is 12.8 Å². The van der Waals surface area contributed by atoms with Crippen molar-refractivity contribution < 1.29 is 9.90 Å². The van der Waals surface area contributed by atoms with Crippen LogP contribution in [0.15, 0.2) is 12.7 Å². The minimum Gasteiger partial charge on any atom is -0.481 e. The van der Waals surface area contributed by atoms with Crippen LogP contribution in [0.25, 0.3) is 0 Å². The maximum absolute atomic E-state index is 10.3. The van der Waals surface area contributed by atoms with E-state index in [0.29, 0.717) is 5.92 Å². The van der Waals surface area contributed by atoms with Crippen LogP contribution < -0.4 is 0 Å². The number of aliphatic carboxylic acids is 1. The molecule has 0 saturated carbocycles. The zero-order valence-electron chi connectivity index (χ0n) is 7.92. The van der Waals surface area contributed by atoms with Gasteiger partial charge in [0.05, 0.1) is 0 Å². The fraction of sp³-hybridized carbons (Fsp3) is 0.700. The van der Waals surface area contributed by atoms with E-state index < -0.39 is 5.97 Å². The molecular formula is C10H18O2. The van der Waals surface area contributed by atoms with E-state index in [4.69, 9.17) is 5.11 Å². The third-order valence-electron chi connectivity index (χ3n) is 1.90. The Hall–Kier alpha value is -0.790. The summed E-state index contributed by atoms with van der Waals surface area (Å²) in [5.74, 6) is 0.127. The van der Waals surface area contributed by atoms with Crippen LogP contribution in [0.5, 0.6) is 0 Å². The molecule has 0 fully saturated rings. The molecule has 0 saturated heterocycles. The van der Waals surface area contributed by atoms with Crippen molar-refractivity contribution in [2.45, 2.75) is 33.1 Å². The first kappa shape index (κ1) is 11.2. The Morgan fingerprint density at radius 2 is 2.08 bits per heavy atom. The molecule has 1 N–H and O–H groups in total. The van der Waals surface area contributed by atoms with Gasteiger partial charge < -0.3 is 5.11 Å². The molecule has 0 heterocycles. The molecule has 0 aliphatic carbocycles. The average Bonchev–Trinajstić information content (AvgIpc) is 1.84. The molecule has 12 heavy (non-hydrogen) atoms. The first-order valence-electron chi connectivity index (χ1n) is 4.39. The van der Waals surface area contributed by atoms with Crippen molar-refractivity contribution in [3.8, 4) is 0 Å². The van der Waals surface area contributed by atoms with Crippen molar-refractivity contribution in [1.82, 2.24) is 0 Å². The molecule has 0 aromatic rings. The summed E-state index contributed by atoms with van der Waals surface area (Å²) in [6, 6.07) is 0. The van der Waals surface area contributed by atoms with Crippen molar-refractivity contribution in [2.75, 3.05) is 0 Å². The van der Waals surface area contributed by atoms with Gasteiger partial charge in [0.2, 0.25) is 0 Å². The molecule has 0 aliphatic rings. The highest BCUT2D eigenvalue weighted by Gasteiger charge is 2.10. The van der Waals surface area contributed by atoms with Gasteiger partial charge in [-0.05, 0) is 24.7 Å². The predicted octanol–water partition coefficient (Wildman–Crippen LogP) is 2.70. The van der Waals surface area contributed by atoms with Gasteiger partial charge in [-0.1, -0.05) is 19.9 Å². The van der Waals surface area contributed by atoms with Crippen LogP contribution in [0.1, 0.15) is 33.1 Å². The van der Waals surface area contributed by atoms with Crippen LogP contribution in [0.4, 0.5) is 0 Å². The number of hydrogen-bond acceptors (Lipinski definition) is 1. The minimum absolute atomic E-state index is 0.275. The Labute approximate surface area is 74.3 Å². The van der Waals surface area contributed by atoms with Gasteiger partial charge in [-0.2, -0.15) is 0 Å². The van der Waals surface area contributed by atoms with Crippen LogP contribution in [0.3, 0.4) is 0 Å². The largest absolute Gasteiger partial charge is 0.481 e. The Bertz CT molecular complexity index is 152. The van der Waals surface area contributed by atoms with Crippen molar-refractivity contribution in [3.63, 3.8) is 0 Å². The van der Waals surface area contributed by atoms with E-state index >= 15 is 0 Å². The molecule has 0 aromatic heterocycles. The monoisotopic (exact) mass is 170 g/mol. The topological polar surface area (TPSA) is 37.3 Å². The molecule has 0 amide bonds. The third-order valence-corrected chi connectivity index (χ3v) is 1.90. The van der Waals surface area contributed by atoms with Gasteiger partial charge in [0.25, 0.3) is 0 Å². The van der Waals surface area contributed by atoms with Crippen LogP contribution in [0, 0.1) is 11.8 Å². The zero-order valence-corrected chi connectivity index (χ0v) is 7.92. The molecule has 0 spiro atoms. The Morgan fingerprint density at radius 3 is 2.50 bits per heavy atom. The van der Waals surface area contributed by atoms with E-state index in [2.05, 4.69) is 13.5 Å². The lowest BCUT2D eigenvalue weighted by Gasteiger charge is -2.13. The van der Waals surface area contributed by atoms with E-state index in [-0.39, 0.29) is 12.3 Å². The first-order valence-corrected chi connectivity index (χ1v) is 4.39. The van der Waals surface area contributed by atoms with E-state index in [1.807, 2.05) is 13.0 Å². The summed E-state index contributed by atoms with van der Waals surface area (Å²) in [4.78, 5) is 10.3. The lowest BCUT2D eigenvalue weighted by atomic mass is 9.93. The summed E-state index contributed by atoms with van der Waals surface area (Å²) in [5, 5.41) is 8.51. The average molecular weight is 170 g/mol. The van der Waals surface area contributed by atoms with Crippen LogP contribution in [-0.4, -0.2) is 11.1 Å². The van der Waals surface area contributed by atoms with Gasteiger partial charge in [-0.3, -0.25) is 4.79 Å². The van der Waals surface area contributed by atoms with Gasteiger partial charge in [0, 0.05) is 6.42 Å². The SMILES string of the molecule is C=CCC(C)CC(C)CC(=O)O. The number of carboxylic acids is 1. The van der Waals surface area contributed by atoms with Crippen LogP contribution >= 0.6 is 0 Å².